The van der Waals surface area contributed by atoms with Crippen LogP contribution in [0.4, 0.5) is 5.82 Å². The molecule has 1 amide bonds. The van der Waals surface area contributed by atoms with Crippen LogP contribution in [0.2, 0.25) is 0 Å². The molecule has 3 aliphatic heterocycles. The fourth-order valence-electron chi connectivity index (χ4n) is 4.30. The molecule has 2 fully saturated rings. The van der Waals surface area contributed by atoms with Crippen LogP contribution < -0.4 is 25.0 Å². The number of aromatic nitrogens is 1. The van der Waals surface area contributed by atoms with E-state index in [1.807, 2.05) is 12.1 Å². The van der Waals surface area contributed by atoms with Crippen molar-refractivity contribution in [1.29, 1.82) is 0 Å². The lowest BCUT2D eigenvalue weighted by Crippen LogP contribution is -2.42. The van der Waals surface area contributed by atoms with Crippen LogP contribution in [0.5, 0.6) is 11.5 Å². The summed E-state index contributed by atoms with van der Waals surface area (Å²) in [4.78, 5) is 19.6. The highest BCUT2D eigenvalue weighted by Crippen LogP contribution is 2.37. The molecule has 1 atom stereocenters. The number of rotatable bonds is 4. The second kappa shape index (κ2) is 7.47. The van der Waals surface area contributed by atoms with Crippen LogP contribution in [0.1, 0.15) is 37.7 Å². The third-order valence-corrected chi connectivity index (χ3v) is 5.84. The summed E-state index contributed by atoms with van der Waals surface area (Å²) < 4.78 is 11.1. The molecule has 0 spiro atoms. The largest absolute Gasteiger partial charge is 0.454 e. The molecule has 0 unspecified atom stereocenters. The van der Waals surface area contributed by atoms with E-state index in [0.29, 0.717) is 6.54 Å². The van der Waals surface area contributed by atoms with Gasteiger partial charge in [-0.05, 0) is 44.2 Å². The fraction of sp³-hybridized carbons (Fsp3) is 0.524. The van der Waals surface area contributed by atoms with E-state index in [1.165, 1.54) is 12.8 Å². The summed E-state index contributed by atoms with van der Waals surface area (Å²) in [6.45, 7) is 3.72. The number of hydrogen-bond donors (Lipinski definition) is 2. The van der Waals surface area contributed by atoms with Crippen molar-refractivity contribution in [3.63, 3.8) is 0 Å². The zero-order chi connectivity index (χ0) is 18.9. The Hall–Kier alpha value is -2.54. The second-order valence-corrected chi connectivity index (χ2v) is 7.78. The Morgan fingerprint density at radius 3 is 2.79 bits per heavy atom. The van der Waals surface area contributed by atoms with Gasteiger partial charge in [0.1, 0.15) is 5.82 Å². The maximum absolute atomic E-state index is 12.3. The Bertz CT molecular complexity index is 895. The van der Waals surface area contributed by atoms with Gasteiger partial charge in [0.25, 0.3) is 0 Å². The van der Waals surface area contributed by atoms with Crippen molar-refractivity contribution in [2.75, 3.05) is 31.3 Å². The van der Waals surface area contributed by atoms with Crippen molar-refractivity contribution in [3.05, 3.63) is 23.8 Å². The molecule has 4 heterocycles. The lowest BCUT2D eigenvalue weighted by Gasteiger charge is -2.22. The molecule has 1 aromatic carbocycles. The molecule has 7 nitrogen and oxygen atoms in total. The minimum Gasteiger partial charge on any atom is -0.454 e. The fourth-order valence-corrected chi connectivity index (χ4v) is 4.30. The van der Waals surface area contributed by atoms with E-state index in [4.69, 9.17) is 14.5 Å². The number of carbonyl (C=O) groups excluding carboxylic acids is 1. The highest BCUT2D eigenvalue weighted by Gasteiger charge is 2.23. The lowest BCUT2D eigenvalue weighted by atomic mass is 10.1. The minimum atomic E-state index is -0.138. The highest BCUT2D eigenvalue weighted by molar-refractivity contribution is 5.86. The normalized spacial score (nSPS) is 21.8. The van der Waals surface area contributed by atoms with Gasteiger partial charge in [-0.25, -0.2) is 4.98 Å². The van der Waals surface area contributed by atoms with Gasteiger partial charge >= 0.3 is 0 Å². The Morgan fingerprint density at radius 2 is 1.93 bits per heavy atom. The molecule has 2 aromatic rings. The maximum atomic E-state index is 12.3. The molecular weight excluding hydrogens is 356 g/mol. The molecule has 0 bridgehead atoms. The topological polar surface area (TPSA) is 75.7 Å². The van der Waals surface area contributed by atoms with Crippen molar-refractivity contribution in [3.8, 4) is 11.5 Å². The number of pyridine rings is 1. The molecule has 148 valence electrons. The first kappa shape index (κ1) is 17.6. The zero-order valence-electron chi connectivity index (χ0n) is 16.0. The van der Waals surface area contributed by atoms with Gasteiger partial charge in [0.05, 0.1) is 11.6 Å². The average molecular weight is 382 g/mol. The van der Waals surface area contributed by atoms with Crippen LogP contribution >= 0.6 is 0 Å². The standard InChI is InChI=1S/C21H26N4O3/c26-21-16(5-1-2-6-22-21)23-12-15-9-14-10-18-19(28-13-27-18)11-17(14)24-20(15)25-7-3-4-8-25/h9-11,16,23H,1-8,12-13H2,(H,22,26)/t16-/m0/s1. The number of nitrogens with one attached hydrogen (secondary N) is 2. The van der Waals surface area contributed by atoms with Crippen LogP contribution in [0.15, 0.2) is 18.2 Å². The van der Waals surface area contributed by atoms with E-state index in [9.17, 15) is 4.79 Å². The maximum Gasteiger partial charge on any atom is 0.237 e. The summed E-state index contributed by atoms with van der Waals surface area (Å²) in [7, 11) is 0. The molecule has 2 N–H and O–H groups in total. The van der Waals surface area contributed by atoms with E-state index in [0.717, 1.165) is 72.7 Å². The molecule has 7 heteroatoms. The third-order valence-electron chi connectivity index (χ3n) is 5.84. The van der Waals surface area contributed by atoms with Gasteiger partial charge in [-0.1, -0.05) is 0 Å². The summed E-state index contributed by atoms with van der Waals surface area (Å²) in [5, 5.41) is 7.51. The molecule has 2 saturated heterocycles. The zero-order valence-corrected chi connectivity index (χ0v) is 16.0. The number of nitrogens with zero attached hydrogens (tertiary/aromatic N) is 2. The van der Waals surface area contributed by atoms with Gasteiger partial charge in [-0.3, -0.25) is 4.79 Å². The van der Waals surface area contributed by atoms with Gasteiger partial charge in [0, 0.05) is 43.2 Å². The van der Waals surface area contributed by atoms with Crippen LogP contribution in [0, 0.1) is 0 Å². The smallest absolute Gasteiger partial charge is 0.237 e. The van der Waals surface area contributed by atoms with Gasteiger partial charge in [-0.2, -0.15) is 0 Å². The second-order valence-electron chi connectivity index (χ2n) is 7.78. The molecule has 3 aliphatic rings. The quantitative estimate of drug-likeness (QED) is 0.845. The van der Waals surface area contributed by atoms with Gasteiger partial charge in [-0.15, -0.1) is 0 Å². The summed E-state index contributed by atoms with van der Waals surface area (Å²) >= 11 is 0. The predicted molar refractivity (Wildman–Crippen MR) is 107 cm³/mol. The van der Waals surface area contributed by atoms with E-state index >= 15 is 0 Å². The molecule has 0 radical (unpaired) electrons. The Labute approximate surface area is 164 Å². The van der Waals surface area contributed by atoms with Crippen molar-refractivity contribution in [2.24, 2.45) is 0 Å². The summed E-state index contributed by atoms with van der Waals surface area (Å²) in [5.74, 6) is 2.65. The number of carbonyl (C=O) groups is 1. The van der Waals surface area contributed by atoms with Crippen molar-refractivity contribution >= 4 is 22.6 Å². The summed E-state index contributed by atoms with van der Waals surface area (Å²) in [6.07, 6.45) is 5.38. The Balaban J connectivity index is 1.47. The molecular formula is C21H26N4O3. The highest BCUT2D eigenvalue weighted by atomic mass is 16.7. The first-order valence-corrected chi connectivity index (χ1v) is 10.3. The molecule has 0 saturated carbocycles. The number of anilines is 1. The van der Waals surface area contributed by atoms with Gasteiger partial charge in [0.2, 0.25) is 12.7 Å². The van der Waals surface area contributed by atoms with Gasteiger partial charge in [0.15, 0.2) is 11.5 Å². The average Bonchev–Trinajstić information content (AvgIpc) is 3.35. The van der Waals surface area contributed by atoms with E-state index < -0.39 is 0 Å². The molecule has 1 aromatic heterocycles. The number of amides is 1. The third kappa shape index (κ3) is 3.35. The lowest BCUT2D eigenvalue weighted by molar-refractivity contribution is -0.122. The predicted octanol–water partition coefficient (Wildman–Crippen LogP) is 2.32. The summed E-state index contributed by atoms with van der Waals surface area (Å²) in [5.41, 5.74) is 2.05. The molecule has 5 rings (SSSR count). The SMILES string of the molecule is O=C1NCCCC[C@@H]1NCc1cc2cc3c(cc2nc1N1CCCC1)OCO3. The monoisotopic (exact) mass is 382 g/mol. The Kier molecular flexibility index (Phi) is 4.68. The number of hydrogen-bond acceptors (Lipinski definition) is 6. The van der Waals surface area contributed by atoms with Crippen molar-refractivity contribution in [1.82, 2.24) is 15.6 Å². The van der Waals surface area contributed by atoms with Crippen LogP contribution in [0.25, 0.3) is 10.9 Å². The van der Waals surface area contributed by atoms with Crippen molar-refractivity contribution in [2.45, 2.75) is 44.7 Å². The molecule has 0 aliphatic carbocycles. The molecule has 28 heavy (non-hydrogen) atoms. The number of fused-ring (bicyclic) bond motifs is 2. The minimum absolute atomic E-state index is 0.109. The van der Waals surface area contributed by atoms with Crippen LogP contribution in [0.3, 0.4) is 0 Å². The van der Waals surface area contributed by atoms with Crippen LogP contribution in [-0.2, 0) is 11.3 Å². The first-order valence-electron chi connectivity index (χ1n) is 10.3. The Morgan fingerprint density at radius 1 is 1.11 bits per heavy atom. The van der Waals surface area contributed by atoms with Gasteiger partial charge < -0.3 is 25.0 Å². The van der Waals surface area contributed by atoms with E-state index in [1.54, 1.807) is 0 Å². The van der Waals surface area contributed by atoms with E-state index in [-0.39, 0.29) is 18.7 Å². The van der Waals surface area contributed by atoms with Crippen molar-refractivity contribution < 1.29 is 14.3 Å². The first-order chi connectivity index (χ1) is 13.8. The number of benzene rings is 1. The van der Waals surface area contributed by atoms with E-state index in [2.05, 4.69) is 21.6 Å². The number of ether oxygens (including phenoxy) is 2. The van der Waals surface area contributed by atoms with Crippen LogP contribution in [-0.4, -0.2) is 43.4 Å². The summed E-state index contributed by atoms with van der Waals surface area (Å²) in [6, 6.07) is 6.01.